The van der Waals surface area contributed by atoms with Crippen molar-refractivity contribution in [3.8, 4) is 11.4 Å². The Labute approximate surface area is 125 Å². The first-order valence-electron chi connectivity index (χ1n) is 6.34. The van der Waals surface area contributed by atoms with Crippen LogP contribution in [0.2, 0.25) is 5.02 Å². The van der Waals surface area contributed by atoms with E-state index in [2.05, 4.69) is 5.10 Å². The number of aromatic amines is 1. The summed E-state index contributed by atoms with van der Waals surface area (Å²) in [5, 5.41) is 3.13. The molecule has 5 nitrogen and oxygen atoms in total. The highest BCUT2D eigenvalue weighted by molar-refractivity contribution is 6.31. The second kappa shape index (κ2) is 5.10. The molecule has 0 saturated carbocycles. The Bertz CT molecular complexity index is 907. The summed E-state index contributed by atoms with van der Waals surface area (Å²) in [7, 11) is 0. The molecule has 0 bridgehead atoms. The van der Waals surface area contributed by atoms with Gasteiger partial charge in [-0.2, -0.15) is 0 Å². The topological polar surface area (TPSA) is 59.8 Å². The predicted molar refractivity (Wildman–Crippen MR) is 81.7 cm³/mol. The molecule has 0 fully saturated rings. The highest BCUT2D eigenvalue weighted by Gasteiger charge is 2.12. The van der Waals surface area contributed by atoms with Gasteiger partial charge in [0.2, 0.25) is 0 Å². The summed E-state index contributed by atoms with van der Waals surface area (Å²) in [6.45, 7) is 1.82. The van der Waals surface area contributed by atoms with Crippen LogP contribution in [0.4, 0.5) is 0 Å². The highest BCUT2D eigenvalue weighted by Crippen LogP contribution is 2.17. The van der Waals surface area contributed by atoms with Gasteiger partial charge in [0.1, 0.15) is 0 Å². The molecule has 1 aromatic heterocycles. The Morgan fingerprint density at radius 3 is 2.38 bits per heavy atom. The lowest BCUT2D eigenvalue weighted by Crippen LogP contribution is -2.26. The Kier molecular flexibility index (Phi) is 3.27. The molecule has 1 N–H and O–H groups in total. The molecule has 0 aliphatic heterocycles. The molecule has 1 heterocycles. The number of hydrogen-bond acceptors (Lipinski definition) is 2. The normalized spacial score (nSPS) is 10.8. The summed E-state index contributed by atoms with van der Waals surface area (Å²) in [5.41, 5.74) is 0.938. The Balaban J connectivity index is 2.22. The number of halogens is 1. The van der Waals surface area contributed by atoms with Gasteiger partial charge >= 0.3 is 11.4 Å². The lowest BCUT2D eigenvalue weighted by atomic mass is 10.2. The predicted octanol–water partition coefficient (Wildman–Crippen LogP) is 2.28. The third kappa shape index (κ3) is 2.32. The van der Waals surface area contributed by atoms with Crippen LogP contribution in [0.25, 0.3) is 11.4 Å². The monoisotopic (exact) mass is 301 g/mol. The van der Waals surface area contributed by atoms with Crippen LogP contribution in [0.15, 0.2) is 58.1 Å². The largest absolute Gasteiger partial charge is 0.356 e. The van der Waals surface area contributed by atoms with Crippen molar-refractivity contribution >= 4 is 11.6 Å². The fourth-order valence-electron chi connectivity index (χ4n) is 2.13. The molecule has 0 amide bonds. The molecule has 106 valence electrons. The Hall–Kier alpha value is -2.53. The lowest BCUT2D eigenvalue weighted by Gasteiger charge is -2.03. The first-order chi connectivity index (χ1) is 10.1. The van der Waals surface area contributed by atoms with E-state index in [-0.39, 0.29) is 0 Å². The van der Waals surface area contributed by atoms with Crippen LogP contribution in [0, 0.1) is 6.92 Å². The molecule has 0 unspecified atom stereocenters. The standard InChI is InChI=1S/C15H12ClN3O2/c1-10-9-12(7-8-13(10)16)18-14(20)17-19(15(18)21)11-5-3-2-4-6-11/h2-9H,1H3,(H,17,20). The van der Waals surface area contributed by atoms with Crippen molar-refractivity contribution in [2.24, 2.45) is 0 Å². The smallest absolute Gasteiger partial charge is 0.246 e. The Morgan fingerprint density at radius 2 is 1.71 bits per heavy atom. The zero-order valence-electron chi connectivity index (χ0n) is 11.2. The molecule has 0 saturated heterocycles. The molecule has 3 aromatic rings. The van der Waals surface area contributed by atoms with Crippen LogP contribution in [-0.2, 0) is 0 Å². The second-order valence-electron chi connectivity index (χ2n) is 4.64. The summed E-state index contributed by atoms with van der Waals surface area (Å²) in [6.07, 6.45) is 0. The van der Waals surface area contributed by atoms with E-state index in [0.29, 0.717) is 16.4 Å². The fourth-order valence-corrected chi connectivity index (χ4v) is 2.25. The quantitative estimate of drug-likeness (QED) is 0.789. The second-order valence-corrected chi connectivity index (χ2v) is 5.05. The minimum Gasteiger partial charge on any atom is -0.246 e. The van der Waals surface area contributed by atoms with Crippen LogP contribution in [0.5, 0.6) is 0 Å². The zero-order chi connectivity index (χ0) is 15.0. The van der Waals surface area contributed by atoms with Crippen LogP contribution in [-0.4, -0.2) is 14.3 Å². The maximum absolute atomic E-state index is 12.4. The van der Waals surface area contributed by atoms with Gasteiger partial charge in [0, 0.05) is 5.02 Å². The van der Waals surface area contributed by atoms with E-state index in [1.807, 2.05) is 13.0 Å². The summed E-state index contributed by atoms with van der Waals surface area (Å²) in [5.74, 6) is 0. The average Bonchev–Trinajstić information content (AvgIpc) is 2.78. The first-order valence-corrected chi connectivity index (χ1v) is 6.72. The molecule has 6 heteroatoms. The van der Waals surface area contributed by atoms with Crippen LogP contribution in [0.1, 0.15) is 5.56 Å². The number of nitrogens with one attached hydrogen (secondary N) is 1. The molecule has 0 aliphatic rings. The van der Waals surface area contributed by atoms with Crippen molar-refractivity contribution in [3.63, 3.8) is 0 Å². The molecule has 0 spiro atoms. The van der Waals surface area contributed by atoms with Gasteiger partial charge in [-0.05, 0) is 42.8 Å². The van der Waals surface area contributed by atoms with Gasteiger partial charge in [-0.15, -0.1) is 0 Å². The highest BCUT2D eigenvalue weighted by atomic mass is 35.5. The van der Waals surface area contributed by atoms with Gasteiger partial charge < -0.3 is 0 Å². The molecular weight excluding hydrogens is 290 g/mol. The number of aryl methyl sites for hydroxylation is 1. The van der Waals surface area contributed by atoms with Crippen LogP contribution < -0.4 is 11.4 Å². The van der Waals surface area contributed by atoms with E-state index in [1.165, 1.54) is 4.68 Å². The van der Waals surface area contributed by atoms with E-state index in [1.54, 1.807) is 42.5 Å². The number of para-hydroxylation sites is 1. The van der Waals surface area contributed by atoms with Gasteiger partial charge in [-0.3, -0.25) is 0 Å². The van der Waals surface area contributed by atoms with Crippen molar-refractivity contribution < 1.29 is 0 Å². The third-order valence-corrected chi connectivity index (χ3v) is 3.63. The number of hydrogen-bond donors (Lipinski definition) is 1. The number of H-pyrrole nitrogens is 1. The first kappa shape index (κ1) is 13.5. The fraction of sp³-hybridized carbons (Fsp3) is 0.0667. The zero-order valence-corrected chi connectivity index (χ0v) is 12.0. The molecule has 0 atom stereocenters. The number of rotatable bonds is 2. The SMILES string of the molecule is Cc1cc(-n2c(=O)[nH]n(-c3ccccc3)c2=O)ccc1Cl. The van der Waals surface area contributed by atoms with Crippen molar-refractivity contribution in [2.45, 2.75) is 6.92 Å². The van der Waals surface area contributed by atoms with Gasteiger partial charge in [0.15, 0.2) is 0 Å². The van der Waals surface area contributed by atoms with Crippen LogP contribution >= 0.6 is 11.6 Å². The van der Waals surface area contributed by atoms with Crippen molar-refractivity contribution in [2.75, 3.05) is 0 Å². The van der Waals surface area contributed by atoms with Gasteiger partial charge in [-0.1, -0.05) is 29.8 Å². The molecule has 21 heavy (non-hydrogen) atoms. The minimum absolute atomic E-state index is 0.451. The van der Waals surface area contributed by atoms with E-state index in [9.17, 15) is 9.59 Å². The summed E-state index contributed by atoms with van der Waals surface area (Å²) < 4.78 is 2.29. The van der Waals surface area contributed by atoms with Gasteiger partial charge in [0.05, 0.1) is 11.4 Å². The maximum Gasteiger partial charge on any atom is 0.356 e. The molecule has 2 aromatic carbocycles. The molecular formula is C15H12ClN3O2. The summed E-state index contributed by atoms with van der Waals surface area (Å²) in [4.78, 5) is 24.5. The van der Waals surface area contributed by atoms with Crippen molar-refractivity contribution in [1.29, 1.82) is 0 Å². The van der Waals surface area contributed by atoms with Crippen molar-refractivity contribution in [3.05, 3.63) is 80.1 Å². The molecule has 0 radical (unpaired) electrons. The number of benzene rings is 2. The maximum atomic E-state index is 12.4. The minimum atomic E-state index is -0.495. The van der Waals surface area contributed by atoms with Gasteiger partial charge in [0.25, 0.3) is 0 Å². The van der Waals surface area contributed by atoms with Crippen molar-refractivity contribution in [1.82, 2.24) is 14.3 Å². The summed E-state index contributed by atoms with van der Waals surface area (Å²) >= 11 is 5.97. The molecule has 3 rings (SSSR count). The van der Waals surface area contributed by atoms with E-state index < -0.39 is 11.4 Å². The summed E-state index contributed by atoms with van der Waals surface area (Å²) in [6, 6.07) is 13.9. The van der Waals surface area contributed by atoms with E-state index >= 15 is 0 Å². The Morgan fingerprint density at radius 1 is 1.00 bits per heavy atom. The van der Waals surface area contributed by atoms with E-state index in [0.717, 1.165) is 10.1 Å². The van der Waals surface area contributed by atoms with Gasteiger partial charge in [-0.25, -0.2) is 23.9 Å². The van der Waals surface area contributed by atoms with Crippen LogP contribution in [0.3, 0.4) is 0 Å². The van der Waals surface area contributed by atoms with E-state index in [4.69, 9.17) is 11.6 Å². The molecule has 0 aliphatic carbocycles. The third-order valence-electron chi connectivity index (χ3n) is 3.21. The average molecular weight is 302 g/mol. The lowest BCUT2D eigenvalue weighted by molar-refractivity contribution is 0.827. The number of aromatic nitrogens is 3. The number of nitrogens with zero attached hydrogens (tertiary/aromatic N) is 2.